The van der Waals surface area contributed by atoms with Crippen molar-refractivity contribution in [2.24, 2.45) is 11.7 Å². The van der Waals surface area contributed by atoms with Gasteiger partial charge in [-0.2, -0.15) is 0 Å². The summed E-state index contributed by atoms with van der Waals surface area (Å²) in [5.41, 5.74) is 6.93. The summed E-state index contributed by atoms with van der Waals surface area (Å²) < 4.78 is 0. The second-order valence-electron chi connectivity index (χ2n) is 5.84. The van der Waals surface area contributed by atoms with Crippen molar-refractivity contribution in [1.29, 1.82) is 0 Å². The molecule has 3 nitrogen and oxygen atoms in total. The Kier molecular flexibility index (Phi) is 5.91. The molecule has 21 heavy (non-hydrogen) atoms. The molecule has 1 aromatic carbocycles. The molecule has 0 unspecified atom stereocenters. The van der Waals surface area contributed by atoms with Crippen LogP contribution < -0.4 is 5.73 Å². The number of aryl methyl sites for hydroxylation is 1. The molecule has 5 heteroatoms. The Morgan fingerprint density at radius 1 is 1.48 bits per heavy atom. The average Bonchev–Trinajstić information content (AvgIpc) is 2.46. The first-order chi connectivity index (χ1) is 9.97. The van der Waals surface area contributed by atoms with Gasteiger partial charge in [0.25, 0.3) is 0 Å². The van der Waals surface area contributed by atoms with Gasteiger partial charge in [-0.3, -0.25) is 4.79 Å². The van der Waals surface area contributed by atoms with Crippen LogP contribution in [0.5, 0.6) is 0 Å². The van der Waals surface area contributed by atoms with Crippen LogP contribution in [0.1, 0.15) is 31.7 Å². The van der Waals surface area contributed by atoms with Crippen LogP contribution in [0.15, 0.2) is 18.2 Å². The van der Waals surface area contributed by atoms with Crippen LogP contribution in [-0.2, 0) is 11.2 Å². The number of carbonyl (C=O) groups excluding carboxylic acids is 1. The summed E-state index contributed by atoms with van der Waals surface area (Å²) in [7, 11) is 0. The number of nitrogens with zero attached hydrogens (tertiary/aromatic N) is 1. The lowest BCUT2D eigenvalue weighted by molar-refractivity contribution is -0.133. The number of nitrogens with two attached hydrogens (primary N) is 1. The zero-order chi connectivity index (χ0) is 15.4. The third-order valence-corrected chi connectivity index (χ3v) is 4.76. The maximum atomic E-state index is 12.3. The van der Waals surface area contributed by atoms with Crippen LogP contribution >= 0.6 is 23.2 Å². The number of amides is 1. The lowest BCUT2D eigenvalue weighted by atomic mass is 9.92. The molecule has 0 saturated carbocycles. The minimum Gasteiger partial charge on any atom is -0.342 e. The predicted molar refractivity (Wildman–Crippen MR) is 87.7 cm³/mol. The van der Waals surface area contributed by atoms with Crippen LogP contribution in [0.3, 0.4) is 0 Å². The van der Waals surface area contributed by atoms with Crippen LogP contribution in [-0.4, -0.2) is 29.9 Å². The second-order valence-corrected chi connectivity index (χ2v) is 6.68. The van der Waals surface area contributed by atoms with E-state index in [0.717, 1.165) is 31.5 Å². The number of hydrogen-bond acceptors (Lipinski definition) is 2. The van der Waals surface area contributed by atoms with Gasteiger partial charge in [0.2, 0.25) is 5.91 Å². The standard InChI is InChI=1S/C16H22Cl2N2O/c1-11(19)13-3-2-8-20(10-13)16(21)7-5-12-4-6-14(17)9-15(12)18/h4,6,9,11,13H,2-3,5,7-8,10,19H2,1H3/t11-,13+/m0/s1. The predicted octanol–water partition coefficient (Wildman–Crippen LogP) is 3.51. The Bertz CT molecular complexity index is 505. The van der Waals surface area contributed by atoms with E-state index in [1.807, 2.05) is 17.9 Å². The fraction of sp³-hybridized carbons (Fsp3) is 0.562. The normalized spacial score (nSPS) is 20.4. The SMILES string of the molecule is C[C@H](N)[C@@H]1CCCN(C(=O)CCc2ccc(Cl)cc2Cl)C1. The van der Waals surface area contributed by atoms with Crippen molar-refractivity contribution in [2.75, 3.05) is 13.1 Å². The first-order valence-corrected chi connectivity index (χ1v) is 8.20. The molecule has 0 aromatic heterocycles. The highest BCUT2D eigenvalue weighted by Gasteiger charge is 2.25. The third-order valence-electron chi connectivity index (χ3n) is 4.18. The topological polar surface area (TPSA) is 46.3 Å². The summed E-state index contributed by atoms with van der Waals surface area (Å²) >= 11 is 12.0. The van der Waals surface area contributed by atoms with Crippen LogP contribution in [0.4, 0.5) is 0 Å². The quantitative estimate of drug-likeness (QED) is 0.919. The average molecular weight is 329 g/mol. The molecule has 1 heterocycles. The smallest absolute Gasteiger partial charge is 0.222 e. The zero-order valence-electron chi connectivity index (χ0n) is 12.3. The number of likely N-dealkylation sites (tertiary alicyclic amines) is 1. The van der Waals surface area contributed by atoms with E-state index in [-0.39, 0.29) is 11.9 Å². The van der Waals surface area contributed by atoms with Crippen molar-refractivity contribution in [1.82, 2.24) is 4.90 Å². The zero-order valence-corrected chi connectivity index (χ0v) is 13.8. The highest BCUT2D eigenvalue weighted by molar-refractivity contribution is 6.35. The van der Waals surface area contributed by atoms with E-state index in [2.05, 4.69) is 0 Å². The molecule has 1 aliphatic rings. The number of piperidine rings is 1. The molecule has 0 aliphatic carbocycles. The fourth-order valence-electron chi connectivity index (χ4n) is 2.79. The number of carbonyl (C=O) groups is 1. The molecule has 2 rings (SSSR count). The van der Waals surface area contributed by atoms with Crippen LogP contribution in [0, 0.1) is 5.92 Å². The summed E-state index contributed by atoms with van der Waals surface area (Å²) in [6.07, 6.45) is 3.28. The van der Waals surface area contributed by atoms with Crippen LogP contribution in [0.25, 0.3) is 0 Å². The molecule has 0 spiro atoms. The van der Waals surface area contributed by atoms with E-state index in [0.29, 0.717) is 28.8 Å². The van der Waals surface area contributed by atoms with Crippen LogP contribution in [0.2, 0.25) is 10.0 Å². The van der Waals surface area contributed by atoms with Crippen molar-refractivity contribution in [3.8, 4) is 0 Å². The van der Waals surface area contributed by atoms with Gasteiger partial charge in [-0.15, -0.1) is 0 Å². The fourth-order valence-corrected chi connectivity index (χ4v) is 3.29. The molecule has 2 atom stereocenters. The van der Waals surface area contributed by atoms with E-state index in [1.165, 1.54) is 0 Å². The van der Waals surface area contributed by atoms with E-state index in [1.54, 1.807) is 12.1 Å². The number of rotatable bonds is 4. The summed E-state index contributed by atoms with van der Waals surface area (Å²) in [6.45, 7) is 3.65. The molecule has 0 radical (unpaired) electrons. The van der Waals surface area contributed by atoms with Gasteiger partial charge in [0, 0.05) is 35.6 Å². The highest BCUT2D eigenvalue weighted by Crippen LogP contribution is 2.23. The van der Waals surface area contributed by atoms with Gasteiger partial charge < -0.3 is 10.6 Å². The lowest BCUT2D eigenvalue weighted by Gasteiger charge is -2.34. The Morgan fingerprint density at radius 3 is 2.90 bits per heavy atom. The largest absolute Gasteiger partial charge is 0.342 e. The number of halogens is 2. The lowest BCUT2D eigenvalue weighted by Crippen LogP contribution is -2.45. The molecular formula is C16H22Cl2N2O. The first kappa shape index (κ1) is 16.6. The Labute approximate surface area is 136 Å². The minimum atomic E-state index is 0.145. The molecular weight excluding hydrogens is 307 g/mol. The third kappa shape index (κ3) is 4.60. The van der Waals surface area contributed by atoms with Crippen molar-refractivity contribution in [2.45, 2.75) is 38.6 Å². The molecule has 1 aliphatic heterocycles. The summed E-state index contributed by atoms with van der Waals surface area (Å²) in [5, 5.41) is 1.24. The van der Waals surface area contributed by atoms with Crippen molar-refractivity contribution >= 4 is 29.1 Å². The number of hydrogen-bond donors (Lipinski definition) is 1. The highest BCUT2D eigenvalue weighted by atomic mass is 35.5. The van der Waals surface area contributed by atoms with Gasteiger partial charge in [-0.05, 0) is 49.8 Å². The van der Waals surface area contributed by atoms with Gasteiger partial charge in [0.15, 0.2) is 0 Å². The molecule has 1 fully saturated rings. The molecule has 116 valence electrons. The van der Waals surface area contributed by atoms with Crippen molar-refractivity contribution in [3.05, 3.63) is 33.8 Å². The minimum absolute atomic E-state index is 0.145. The van der Waals surface area contributed by atoms with Gasteiger partial charge in [0.05, 0.1) is 0 Å². The maximum absolute atomic E-state index is 12.3. The van der Waals surface area contributed by atoms with Gasteiger partial charge in [-0.25, -0.2) is 0 Å². The number of benzene rings is 1. The summed E-state index contributed by atoms with van der Waals surface area (Å²) in [5.74, 6) is 0.605. The van der Waals surface area contributed by atoms with E-state index >= 15 is 0 Å². The Morgan fingerprint density at radius 2 is 2.24 bits per heavy atom. The van der Waals surface area contributed by atoms with Crippen molar-refractivity contribution < 1.29 is 4.79 Å². The van der Waals surface area contributed by atoms with E-state index in [9.17, 15) is 4.79 Å². The van der Waals surface area contributed by atoms with E-state index < -0.39 is 0 Å². The first-order valence-electron chi connectivity index (χ1n) is 7.44. The van der Waals surface area contributed by atoms with Crippen molar-refractivity contribution in [3.63, 3.8) is 0 Å². The van der Waals surface area contributed by atoms with Gasteiger partial charge >= 0.3 is 0 Å². The Balaban J connectivity index is 1.89. The molecule has 1 amide bonds. The molecule has 0 bridgehead atoms. The summed E-state index contributed by atoms with van der Waals surface area (Å²) in [6, 6.07) is 5.56. The molecule has 1 saturated heterocycles. The Hall–Kier alpha value is -0.770. The second kappa shape index (κ2) is 7.48. The van der Waals surface area contributed by atoms with Gasteiger partial charge in [-0.1, -0.05) is 29.3 Å². The monoisotopic (exact) mass is 328 g/mol. The summed E-state index contributed by atoms with van der Waals surface area (Å²) in [4.78, 5) is 14.3. The maximum Gasteiger partial charge on any atom is 0.222 e. The van der Waals surface area contributed by atoms with Gasteiger partial charge in [0.1, 0.15) is 0 Å². The van der Waals surface area contributed by atoms with E-state index in [4.69, 9.17) is 28.9 Å². The molecule has 2 N–H and O–H groups in total. The molecule has 1 aromatic rings.